The Hall–Kier alpha value is -4.58. The van der Waals surface area contributed by atoms with Gasteiger partial charge in [0.2, 0.25) is 5.91 Å². The van der Waals surface area contributed by atoms with Gasteiger partial charge in [-0.25, -0.2) is 4.79 Å². The summed E-state index contributed by atoms with van der Waals surface area (Å²) in [4.78, 5) is 33.9. The number of rotatable bonds is 9. The Labute approximate surface area is 245 Å². The van der Waals surface area contributed by atoms with Gasteiger partial charge in [-0.1, -0.05) is 36.4 Å². The van der Waals surface area contributed by atoms with E-state index >= 15 is 0 Å². The van der Waals surface area contributed by atoms with Crippen LogP contribution in [0.3, 0.4) is 0 Å². The molecule has 0 spiro atoms. The van der Waals surface area contributed by atoms with Gasteiger partial charge in [-0.2, -0.15) is 4.98 Å². The van der Waals surface area contributed by atoms with E-state index in [0.717, 1.165) is 34.0 Å². The minimum absolute atomic E-state index is 0.0748. The number of likely N-dealkylation sites (tertiary alicyclic amines) is 1. The Morgan fingerprint density at radius 1 is 1.10 bits per heavy atom. The first-order valence-electron chi connectivity index (χ1n) is 14.0. The van der Waals surface area contributed by atoms with Crippen LogP contribution >= 0.6 is 11.3 Å². The summed E-state index contributed by atoms with van der Waals surface area (Å²) in [7, 11) is 0. The molecule has 42 heavy (non-hydrogen) atoms. The Kier molecular flexibility index (Phi) is 6.69. The number of nitrogens with one attached hydrogen (secondary N) is 1. The molecule has 1 saturated carbocycles. The lowest BCUT2D eigenvalue weighted by molar-refractivity contribution is -0.128. The Morgan fingerprint density at radius 3 is 2.62 bits per heavy atom. The normalized spacial score (nSPS) is 17.0. The first kappa shape index (κ1) is 26.3. The van der Waals surface area contributed by atoms with Gasteiger partial charge in [-0.3, -0.25) is 9.36 Å². The van der Waals surface area contributed by atoms with Crippen LogP contribution in [0, 0.1) is 0 Å². The van der Waals surface area contributed by atoms with Crippen molar-refractivity contribution in [2.24, 2.45) is 0 Å². The van der Waals surface area contributed by atoms with Gasteiger partial charge in [0.25, 0.3) is 5.89 Å². The molecule has 1 aliphatic heterocycles. The number of aromatic nitrogens is 6. The van der Waals surface area contributed by atoms with Crippen molar-refractivity contribution in [3.05, 3.63) is 81.7 Å². The lowest BCUT2D eigenvalue weighted by Gasteiger charge is -2.14. The fourth-order valence-electron chi connectivity index (χ4n) is 5.11. The van der Waals surface area contributed by atoms with Crippen molar-refractivity contribution >= 4 is 17.2 Å². The Bertz CT molecular complexity index is 1800. The van der Waals surface area contributed by atoms with Gasteiger partial charge in [0.1, 0.15) is 21.5 Å². The third-order valence-corrected chi connectivity index (χ3v) is 8.87. The smallest absolute Gasteiger partial charge is 0.325 e. The molecule has 0 radical (unpaired) electrons. The molecule has 1 amide bonds. The first-order chi connectivity index (χ1) is 20.4. The van der Waals surface area contributed by atoms with Crippen LogP contribution in [0.25, 0.3) is 22.0 Å². The van der Waals surface area contributed by atoms with Crippen molar-refractivity contribution < 1.29 is 14.1 Å². The minimum atomic E-state index is -0.208. The summed E-state index contributed by atoms with van der Waals surface area (Å²) < 4.78 is 13.6. The van der Waals surface area contributed by atoms with Crippen LogP contribution in [0.4, 0.5) is 0 Å². The number of nitrogens with zero attached hydrogens (tertiary/aromatic N) is 6. The summed E-state index contributed by atoms with van der Waals surface area (Å²) in [6, 6.07) is 13.7. The second-order valence-electron chi connectivity index (χ2n) is 11.1. The summed E-state index contributed by atoms with van der Waals surface area (Å²) in [6.45, 7) is 5.14. The molecule has 4 heterocycles. The van der Waals surface area contributed by atoms with E-state index < -0.39 is 0 Å². The maximum Gasteiger partial charge on any atom is 0.325 e. The first-order valence-corrected chi connectivity index (χ1v) is 14.8. The SMILES string of the molecule is CC(C)c1nnc(-c2ccc(Oc3cc(-c4nc(C5CC(=O)N(C6CC6)C5)no4)ccc3Cn3cc[nH]c3=O)cc2)s1. The molecular weight excluding hydrogens is 554 g/mol. The third-order valence-electron chi connectivity index (χ3n) is 7.59. The van der Waals surface area contributed by atoms with E-state index in [1.54, 1.807) is 28.3 Å². The molecule has 12 heteroatoms. The largest absolute Gasteiger partial charge is 0.457 e. The number of carbonyl (C=O) groups is 1. The molecule has 7 rings (SSSR count). The van der Waals surface area contributed by atoms with Gasteiger partial charge in [0.15, 0.2) is 5.82 Å². The number of amides is 1. The highest BCUT2D eigenvalue weighted by Crippen LogP contribution is 2.37. The van der Waals surface area contributed by atoms with Crippen molar-refractivity contribution in [1.29, 1.82) is 0 Å². The Balaban J connectivity index is 1.15. The van der Waals surface area contributed by atoms with Crippen LogP contribution in [0.2, 0.25) is 0 Å². The van der Waals surface area contributed by atoms with E-state index in [0.29, 0.717) is 60.2 Å². The van der Waals surface area contributed by atoms with Crippen LogP contribution in [-0.4, -0.2) is 53.3 Å². The standard InChI is InChI=1S/C30H29N7O4S/c1-17(2)28-33-34-29(42-28)18-5-9-23(10-6-18)40-24-13-19(3-4-20(24)15-36-12-11-31-30(36)39)27-32-26(35-41-27)21-14-25(38)37(16-21)22-7-8-22/h3-6,9-13,17,21-22H,7-8,14-16H2,1-2H3,(H,31,39). The summed E-state index contributed by atoms with van der Waals surface area (Å²) >= 11 is 1.58. The molecule has 2 fully saturated rings. The lowest BCUT2D eigenvalue weighted by atomic mass is 10.1. The molecule has 1 saturated heterocycles. The van der Waals surface area contributed by atoms with E-state index in [2.05, 4.69) is 39.2 Å². The maximum absolute atomic E-state index is 12.4. The van der Waals surface area contributed by atoms with Crippen LogP contribution in [-0.2, 0) is 11.3 Å². The molecule has 11 nitrogen and oxygen atoms in total. The highest BCUT2D eigenvalue weighted by Gasteiger charge is 2.41. The van der Waals surface area contributed by atoms with Crippen molar-refractivity contribution in [2.75, 3.05) is 6.54 Å². The number of carbonyl (C=O) groups excluding carboxylic acids is 1. The molecule has 1 aliphatic carbocycles. The van der Waals surface area contributed by atoms with Crippen LogP contribution in [0.5, 0.6) is 11.5 Å². The lowest BCUT2D eigenvalue weighted by Crippen LogP contribution is -2.27. The van der Waals surface area contributed by atoms with Crippen LogP contribution in [0.1, 0.15) is 61.3 Å². The van der Waals surface area contributed by atoms with E-state index in [1.165, 1.54) is 0 Å². The number of aromatic amines is 1. The van der Waals surface area contributed by atoms with Gasteiger partial charge in [0, 0.05) is 59.9 Å². The fraction of sp³-hybridized carbons (Fsp3) is 0.333. The van der Waals surface area contributed by atoms with Gasteiger partial charge < -0.3 is 19.1 Å². The minimum Gasteiger partial charge on any atom is -0.457 e. The molecule has 1 unspecified atom stereocenters. The van der Waals surface area contributed by atoms with Gasteiger partial charge >= 0.3 is 5.69 Å². The number of imidazole rings is 1. The predicted molar refractivity (Wildman–Crippen MR) is 155 cm³/mol. The molecule has 2 aromatic carbocycles. The molecule has 214 valence electrons. The summed E-state index contributed by atoms with van der Waals surface area (Å²) in [5.74, 6) is 2.49. The average molecular weight is 584 g/mol. The Morgan fingerprint density at radius 2 is 1.90 bits per heavy atom. The molecule has 5 aromatic rings. The van der Waals surface area contributed by atoms with E-state index in [4.69, 9.17) is 9.26 Å². The molecule has 3 aromatic heterocycles. The van der Waals surface area contributed by atoms with Crippen molar-refractivity contribution in [3.8, 4) is 33.5 Å². The molecule has 0 bridgehead atoms. The van der Waals surface area contributed by atoms with Crippen molar-refractivity contribution in [1.82, 2.24) is 34.8 Å². The predicted octanol–water partition coefficient (Wildman–Crippen LogP) is 5.19. The zero-order chi connectivity index (χ0) is 28.8. The van der Waals surface area contributed by atoms with E-state index in [-0.39, 0.29) is 17.5 Å². The van der Waals surface area contributed by atoms with Crippen LogP contribution < -0.4 is 10.4 Å². The molecule has 2 aliphatic rings. The fourth-order valence-corrected chi connectivity index (χ4v) is 5.96. The molecule has 1 atom stereocenters. The second kappa shape index (κ2) is 10.7. The van der Waals surface area contributed by atoms with Gasteiger partial charge in [-0.15, -0.1) is 10.2 Å². The molecule has 1 N–H and O–H groups in total. The van der Waals surface area contributed by atoms with E-state index in [1.807, 2.05) is 47.4 Å². The summed E-state index contributed by atoms with van der Waals surface area (Å²) in [5, 5.41) is 14.7. The van der Waals surface area contributed by atoms with E-state index in [9.17, 15) is 9.59 Å². The van der Waals surface area contributed by atoms with Crippen LogP contribution in [0.15, 0.2) is 64.2 Å². The van der Waals surface area contributed by atoms with Crippen molar-refractivity contribution in [3.63, 3.8) is 0 Å². The maximum atomic E-state index is 12.4. The number of hydrogen-bond acceptors (Lipinski definition) is 9. The quantitative estimate of drug-likeness (QED) is 0.251. The highest BCUT2D eigenvalue weighted by molar-refractivity contribution is 7.14. The monoisotopic (exact) mass is 583 g/mol. The summed E-state index contributed by atoms with van der Waals surface area (Å²) in [5.41, 5.74) is 2.24. The second-order valence-corrected chi connectivity index (χ2v) is 12.1. The highest BCUT2D eigenvalue weighted by atomic mass is 32.1. The topological polar surface area (TPSA) is 132 Å². The third kappa shape index (κ3) is 5.25. The number of ether oxygens (including phenoxy) is 1. The molecular formula is C30H29N7O4S. The number of benzene rings is 2. The van der Waals surface area contributed by atoms with Gasteiger partial charge in [-0.05, 0) is 49.2 Å². The summed E-state index contributed by atoms with van der Waals surface area (Å²) in [6.07, 6.45) is 5.85. The zero-order valence-corrected chi connectivity index (χ0v) is 24.0. The zero-order valence-electron chi connectivity index (χ0n) is 23.2. The number of hydrogen-bond donors (Lipinski definition) is 1. The van der Waals surface area contributed by atoms with Gasteiger partial charge in [0.05, 0.1) is 6.54 Å². The average Bonchev–Trinajstić information content (AvgIpc) is 3.37. The number of H-pyrrole nitrogens is 1. The van der Waals surface area contributed by atoms with Crippen molar-refractivity contribution in [2.45, 2.75) is 57.5 Å².